The lowest BCUT2D eigenvalue weighted by Gasteiger charge is -2.42. The summed E-state index contributed by atoms with van der Waals surface area (Å²) >= 11 is 0. The third-order valence-corrected chi connectivity index (χ3v) is 6.93. The molecule has 3 aliphatic heterocycles. The summed E-state index contributed by atoms with van der Waals surface area (Å²) in [5, 5.41) is 5.55. The lowest BCUT2D eigenvalue weighted by molar-refractivity contribution is -0.130. The van der Waals surface area contributed by atoms with Crippen LogP contribution in [0, 0.1) is 0 Å². The lowest BCUT2D eigenvalue weighted by Crippen LogP contribution is -2.64. The molecule has 8 nitrogen and oxygen atoms in total. The molecule has 1 aromatic rings. The Morgan fingerprint density at radius 2 is 1.92 bits per heavy atom. The van der Waals surface area contributed by atoms with Crippen LogP contribution in [0.4, 0.5) is 5.69 Å². The summed E-state index contributed by atoms with van der Waals surface area (Å²) < 4.78 is 27.4. The van der Waals surface area contributed by atoms with Gasteiger partial charge in [-0.05, 0) is 30.2 Å². The Morgan fingerprint density at radius 1 is 1.08 bits per heavy atom. The second kappa shape index (κ2) is 6.08. The van der Waals surface area contributed by atoms with Crippen molar-refractivity contribution >= 4 is 27.5 Å². The number of amides is 2. The van der Waals surface area contributed by atoms with Crippen LogP contribution in [0.3, 0.4) is 0 Å². The first kappa shape index (κ1) is 16.5. The van der Waals surface area contributed by atoms with Crippen molar-refractivity contribution in [3.05, 3.63) is 23.8 Å². The Labute approximate surface area is 146 Å². The first-order chi connectivity index (χ1) is 11.9. The largest absolute Gasteiger partial charge is 0.353 e. The molecule has 2 N–H and O–H groups in total. The normalized spacial score (nSPS) is 24.9. The number of anilines is 1. The topological polar surface area (TPSA) is 98.8 Å². The Hall–Kier alpha value is -1.97. The fourth-order valence-electron chi connectivity index (χ4n) is 3.64. The SMILES string of the molecule is O=C1CCc2cc(S(=O)(=O)N3CCN4CCNC(=O)[C@H]4C3)ccc2N1. The molecule has 134 valence electrons. The van der Waals surface area contributed by atoms with Crippen LogP contribution < -0.4 is 10.6 Å². The zero-order valence-corrected chi connectivity index (χ0v) is 14.5. The van der Waals surface area contributed by atoms with Crippen molar-refractivity contribution in [3.63, 3.8) is 0 Å². The Morgan fingerprint density at radius 3 is 2.76 bits per heavy atom. The summed E-state index contributed by atoms with van der Waals surface area (Å²) in [5.41, 5.74) is 1.50. The van der Waals surface area contributed by atoms with Crippen LogP contribution in [0.2, 0.25) is 0 Å². The van der Waals surface area contributed by atoms with Crippen molar-refractivity contribution < 1.29 is 18.0 Å². The van der Waals surface area contributed by atoms with Gasteiger partial charge in [0.2, 0.25) is 21.8 Å². The zero-order chi connectivity index (χ0) is 17.6. The molecule has 2 amide bonds. The molecule has 0 aliphatic carbocycles. The van der Waals surface area contributed by atoms with Gasteiger partial charge in [-0.1, -0.05) is 0 Å². The van der Waals surface area contributed by atoms with E-state index in [1.54, 1.807) is 12.1 Å². The molecule has 3 heterocycles. The van der Waals surface area contributed by atoms with E-state index in [1.807, 2.05) is 4.90 Å². The summed E-state index contributed by atoms with van der Waals surface area (Å²) in [4.78, 5) is 25.7. The van der Waals surface area contributed by atoms with Gasteiger partial charge in [0, 0.05) is 44.8 Å². The third-order valence-electron chi connectivity index (χ3n) is 5.06. The maximum atomic E-state index is 13.0. The molecule has 2 fully saturated rings. The van der Waals surface area contributed by atoms with Crippen LogP contribution in [0.25, 0.3) is 0 Å². The highest BCUT2D eigenvalue weighted by Gasteiger charge is 2.39. The van der Waals surface area contributed by atoms with E-state index in [0.717, 1.165) is 12.1 Å². The molecular formula is C16H20N4O4S. The molecule has 2 saturated heterocycles. The van der Waals surface area contributed by atoms with Gasteiger partial charge in [-0.25, -0.2) is 8.42 Å². The summed E-state index contributed by atoms with van der Waals surface area (Å²) in [5.74, 6) is -0.165. The third kappa shape index (κ3) is 2.92. The molecule has 0 unspecified atom stereocenters. The standard InChI is InChI=1S/C16H20N4O4S/c21-15-4-1-11-9-12(2-3-13(11)18-15)25(23,24)20-8-7-19-6-5-17-16(22)14(19)10-20/h2-3,9,14H,1,4-8,10H2,(H,17,22)(H,18,21)/t14-/m1/s1. The number of nitrogens with one attached hydrogen (secondary N) is 2. The van der Waals surface area contributed by atoms with Gasteiger partial charge < -0.3 is 10.6 Å². The monoisotopic (exact) mass is 364 g/mol. The highest BCUT2D eigenvalue weighted by molar-refractivity contribution is 7.89. The summed E-state index contributed by atoms with van der Waals surface area (Å²) in [6.07, 6.45) is 0.890. The second-order valence-electron chi connectivity index (χ2n) is 6.57. The predicted octanol–water partition coefficient (Wildman–Crippen LogP) is -0.624. The number of fused-ring (bicyclic) bond motifs is 2. The van der Waals surface area contributed by atoms with Gasteiger partial charge in [0.15, 0.2) is 0 Å². The molecule has 0 saturated carbocycles. The van der Waals surface area contributed by atoms with Gasteiger partial charge in [0.25, 0.3) is 0 Å². The van der Waals surface area contributed by atoms with Crippen LogP contribution in [0.1, 0.15) is 12.0 Å². The van der Waals surface area contributed by atoms with Gasteiger partial charge in [0.05, 0.1) is 4.90 Å². The van der Waals surface area contributed by atoms with Gasteiger partial charge >= 0.3 is 0 Å². The van der Waals surface area contributed by atoms with Crippen LogP contribution in [-0.4, -0.2) is 68.2 Å². The first-order valence-corrected chi connectivity index (χ1v) is 9.84. The lowest BCUT2D eigenvalue weighted by atomic mass is 10.0. The molecule has 0 radical (unpaired) electrons. The van der Waals surface area contributed by atoms with Crippen molar-refractivity contribution in [2.75, 3.05) is 38.0 Å². The van der Waals surface area contributed by atoms with Crippen molar-refractivity contribution in [1.29, 1.82) is 0 Å². The number of aryl methyl sites for hydroxylation is 1. The number of hydrogen-bond donors (Lipinski definition) is 2. The smallest absolute Gasteiger partial charge is 0.243 e. The highest BCUT2D eigenvalue weighted by Crippen LogP contribution is 2.28. The second-order valence-corrected chi connectivity index (χ2v) is 8.51. The Bertz CT molecular complexity index is 839. The van der Waals surface area contributed by atoms with Crippen molar-refractivity contribution in [2.45, 2.75) is 23.8 Å². The molecule has 1 aromatic carbocycles. The molecule has 3 aliphatic rings. The maximum Gasteiger partial charge on any atom is 0.243 e. The Balaban J connectivity index is 1.59. The molecule has 1 atom stereocenters. The predicted molar refractivity (Wildman–Crippen MR) is 90.5 cm³/mol. The van der Waals surface area contributed by atoms with Crippen LogP contribution in [0.5, 0.6) is 0 Å². The van der Waals surface area contributed by atoms with Gasteiger partial charge in [-0.2, -0.15) is 4.31 Å². The summed E-state index contributed by atoms with van der Waals surface area (Å²) in [6, 6.07) is 4.38. The molecule has 0 spiro atoms. The molecule has 0 aromatic heterocycles. The van der Waals surface area contributed by atoms with Crippen molar-refractivity contribution in [1.82, 2.24) is 14.5 Å². The first-order valence-electron chi connectivity index (χ1n) is 8.40. The van der Waals surface area contributed by atoms with E-state index in [-0.39, 0.29) is 23.3 Å². The van der Waals surface area contributed by atoms with Crippen LogP contribution in [-0.2, 0) is 26.0 Å². The molecule has 9 heteroatoms. The van der Waals surface area contributed by atoms with Gasteiger partial charge in [-0.3, -0.25) is 14.5 Å². The van der Waals surface area contributed by atoms with E-state index in [1.165, 1.54) is 10.4 Å². The van der Waals surface area contributed by atoms with E-state index in [4.69, 9.17) is 0 Å². The average Bonchev–Trinajstić information content (AvgIpc) is 2.61. The number of nitrogens with zero attached hydrogens (tertiary/aromatic N) is 2. The van der Waals surface area contributed by atoms with Crippen molar-refractivity contribution in [3.8, 4) is 0 Å². The zero-order valence-electron chi connectivity index (χ0n) is 13.7. The average molecular weight is 364 g/mol. The van der Waals surface area contributed by atoms with Gasteiger partial charge in [-0.15, -0.1) is 0 Å². The minimum Gasteiger partial charge on any atom is -0.353 e. The number of carbonyl (C=O) groups is 2. The number of piperazine rings is 2. The number of rotatable bonds is 2. The van der Waals surface area contributed by atoms with E-state index in [0.29, 0.717) is 38.2 Å². The highest BCUT2D eigenvalue weighted by atomic mass is 32.2. The number of carbonyl (C=O) groups excluding carboxylic acids is 2. The van der Waals surface area contributed by atoms with E-state index >= 15 is 0 Å². The molecule has 25 heavy (non-hydrogen) atoms. The summed E-state index contributed by atoms with van der Waals surface area (Å²) in [6.45, 7) is 2.46. The molecular weight excluding hydrogens is 344 g/mol. The Kier molecular flexibility index (Phi) is 4.01. The minimum absolute atomic E-state index is 0.0532. The molecule has 4 rings (SSSR count). The molecule has 0 bridgehead atoms. The van der Waals surface area contributed by atoms with E-state index in [2.05, 4.69) is 10.6 Å². The summed E-state index contributed by atoms with van der Waals surface area (Å²) in [7, 11) is -3.67. The van der Waals surface area contributed by atoms with E-state index in [9.17, 15) is 18.0 Å². The number of benzene rings is 1. The minimum atomic E-state index is -3.67. The fraction of sp³-hybridized carbons (Fsp3) is 0.500. The van der Waals surface area contributed by atoms with E-state index < -0.39 is 16.1 Å². The van der Waals surface area contributed by atoms with Crippen LogP contribution in [0.15, 0.2) is 23.1 Å². The maximum absolute atomic E-state index is 13.0. The van der Waals surface area contributed by atoms with Crippen molar-refractivity contribution in [2.24, 2.45) is 0 Å². The number of hydrogen-bond acceptors (Lipinski definition) is 5. The number of sulfonamides is 1. The van der Waals surface area contributed by atoms with Gasteiger partial charge in [0.1, 0.15) is 6.04 Å². The fourth-order valence-corrected chi connectivity index (χ4v) is 5.13. The van der Waals surface area contributed by atoms with Crippen LogP contribution >= 0.6 is 0 Å². The quantitative estimate of drug-likeness (QED) is 0.729.